The molecule has 0 fully saturated rings. The quantitative estimate of drug-likeness (QED) is 0.885. The minimum absolute atomic E-state index is 0.415. The molecular formula is C13H17ClN2O3. The molecule has 2 heterocycles. The van der Waals surface area contributed by atoms with E-state index in [4.69, 9.17) is 20.8 Å². The van der Waals surface area contributed by atoms with E-state index < -0.39 is 6.10 Å². The molecule has 0 amide bonds. The number of furan rings is 1. The van der Waals surface area contributed by atoms with Crippen LogP contribution in [0.3, 0.4) is 0 Å². The summed E-state index contributed by atoms with van der Waals surface area (Å²) in [6, 6.07) is 3.61. The molecule has 0 bridgehead atoms. The molecule has 2 aromatic rings. The lowest BCUT2D eigenvalue weighted by Crippen LogP contribution is -2.13. The van der Waals surface area contributed by atoms with Crippen LogP contribution >= 0.6 is 11.6 Å². The van der Waals surface area contributed by atoms with E-state index in [1.807, 2.05) is 13.0 Å². The summed E-state index contributed by atoms with van der Waals surface area (Å²) in [4.78, 5) is 0. The van der Waals surface area contributed by atoms with Crippen LogP contribution in [0.25, 0.3) is 0 Å². The maximum atomic E-state index is 10.4. The van der Waals surface area contributed by atoms with Gasteiger partial charge >= 0.3 is 0 Å². The van der Waals surface area contributed by atoms with Gasteiger partial charge in [0.2, 0.25) is 0 Å². The number of halogens is 1. The van der Waals surface area contributed by atoms with Gasteiger partial charge in [0.15, 0.2) is 6.10 Å². The highest BCUT2D eigenvalue weighted by molar-refractivity contribution is 6.31. The Morgan fingerprint density at radius 1 is 1.53 bits per heavy atom. The predicted octanol–water partition coefficient (Wildman–Crippen LogP) is 2.42. The number of aryl methyl sites for hydroxylation is 1. The Bertz CT molecular complexity index is 536. The summed E-state index contributed by atoms with van der Waals surface area (Å²) in [6.45, 7) is 3.01. The Kier molecular flexibility index (Phi) is 4.63. The van der Waals surface area contributed by atoms with Gasteiger partial charge in [-0.3, -0.25) is 4.68 Å². The van der Waals surface area contributed by atoms with Crippen LogP contribution in [-0.4, -0.2) is 28.6 Å². The Morgan fingerprint density at radius 2 is 2.32 bits per heavy atom. The molecular weight excluding hydrogens is 268 g/mol. The van der Waals surface area contributed by atoms with Crippen LogP contribution in [0.5, 0.6) is 0 Å². The third kappa shape index (κ3) is 3.00. The predicted molar refractivity (Wildman–Crippen MR) is 71.3 cm³/mol. The highest BCUT2D eigenvalue weighted by Gasteiger charge is 2.22. The van der Waals surface area contributed by atoms with Gasteiger partial charge in [-0.25, -0.2) is 0 Å². The summed E-state index contributed by atoms with van der Waals surface area (Å²) in [5.74, 6) is 1.30. The first kappa shape index (κ1) is 14.1. The standard InChI is InChI=1S/C13H17ClN2O3/c1-3-9-4-5-11(19-9)13(17)12-10(14)8-15-16(12)6-7-18-2/h4-5,8,13,17H,3,6-7H2,1-2H3. The van der Waals surface area contributed by atoms with E-state index in [-0.39, 0.29) is 0 Å². The van der Waals surface area contributed by atoms with Crippen LogP contribution in [0.15, 0.2) is 22.7 Å². The van der Waals surface area contributed by atoms with Crippen LogP contribution in [0, 0.1) is 0 Å². The van der Waals surface area contributed by atoms with Crippen LogP contribution in [0.4, 0.5) is 0 Å². The fraction of sp³-hybridized carbons (Fsp3) is 0.462. The number of nitrogens with zero attached hydrogens (tertiary/aromatic N) is 2. The van der Waals surface area contributed by atoms with Crippen molar-refractivity contribution >= 4 is 11.6 Å². The van der Waals surface area contributed by atoms with E-state index in [1.165, 1.54) is 6.20 Å². The molecule has 0 radical (unpaired) electrons. The van der Waals surface area contributed by atoms with Crippen LogP contribution in [0.2, 0.25) is 5.02 Å². The smallest absolute Gasteiger partial charge is 0.155 e. The van der Waals surface area contributed by atoms with Gasteiger partial charge in [-0.2, -0.15) is 5.10 Å². The first-order chi connectivity index (χ1) is 9.17. The monoisotopic (exact) mass is 284 g/mol. The van der Waals surface area contributed by atoms with Crippen molar-refractivity contribution in [3.05, 3.63) is 40.6 Å². The van der Waals surface area contributed by atoms with Crippen molar-refractivity contribution in [2.75, 3.05) is 13.7 Å². The minimum atomic E-state index is -0.924. The molecule has 0 aliphatic carbocycles. The maximum Gasteiger partial charge on any atom is 0.155 e. The summed E-state index contributed by atoms with van der Waals surface area (Å²) in [5, 5.41) is 14.9. The number of rotatable bonds is 6. The number of aromatic nitrogens is 2. The Labute approximate surface area is 116 Å². The molecule has 0 saturated heterocycles. The molecule has 1 unspecified atom stereocenters. The highest BCUT2D eigenvalue weighted by Crippen LogP contribution is 2.29. The van der Waals surface area contributed by atoms with Gasteiger partial charge in [0, 0.05) is 13.5 Å². The summed E-state index contributed by atoms with van der Waals surface area (Å²) in [6.07, 6.45) is 1.37. The molecule has 0 saturated carbocycles. The Morgan fingerprint density at radius 3 is 2.95 bits per heavy atom. The molecule has 0 aliphatic heterocycles. The minimum Gasteiger partial charge on any atom is -0.463 e. The van der Waals surface area contributed by atoms with Crippen molar-refractivity contribution in [1.29, 1.82) is 0 Å². The molecule has 1 atom stereocenters. The lowest BCUT2D eigenvalue weighted by molar-refractivity contribution is 0.159. The first-order valence-electron chi connectivity index (χ1n) is 6.14. The van der Waals surface area contributed by atoms with Gasteiger partial charge < -0.3 is 14.3 Å². The lowest BCUT2D eigenvalue weighted by atomic mass is 10.2. The van der Waals surface area contributed by atoms with Crippen molar-refractivity contribution in [2.24, 2.45) is 0 Å². The molecule has 1 N–H and O–H groups in total. The largest absolute Gasteiger partial charge is 0.463 e. The Hall–Kier alpha value is -1.30. The summed E-state index contributed by atoms with van der Waals surface area (Å²) >= 11 is 6.08. The SMILES string of the molecule is CCc1ccc(C(O)c2c(Cl)cnn2CCOC)o1. The fourth-order valence-corrected chi connectivity index (χ4v) is 2.11. The third-order valence-electron chi connectivity index (χ3n) is 2.90. The van der Waals surface area contributed by atoms with Crippen molar-refractivity contribution in [3.8, 4) is 0 Å². The molecule has 0 aliphatic rings. The van der Waals surface area contributed by atoms with Gasteiger partial charge in [0.1, 0.15) is 11.5 Å². The van der Waals surface area contributed by atoms with Gasteiger partial charge in [-0.15, -0.1) is 0 Å². The average molecular weight is 285 g/mol. The Balaban J connectivity index is 2.26. The first-order valence-corrected chi connectivity index (χ1v) is 6.52. The fourth-order valence-electron chi connectivity index (χ4n) is 1.87. The summed E-state index contributed by atoms with van der Waals surface area (Å²) in [5.41, 5.74) is 0.524. The number of methoxy groups -OCH3 is 1. The normalized spacial score (nSPS) is 12.8. The maximum absolute atomic E-state index is 10.4. The van der Waals surface area contributed by atoms with E-state index >= 15 is 0 Å². The topological polar surface area (TPSA) is 60.4 Å². The number of hydrogen-bond donors (Lipinski definition) is 1. The van der Waals surface area contributed by atoms with Gasteiger partial charge in [-0.05, 0) is 12.1 Å². The van der Waals surface area contributed by atoms with Gasteiger partial charge in [0.05, 0.1) is 30.1 Å². The van der Waals surface area contributed by atoms with Crippen molar-refractivity contribution < 1.29 is 14.3 Å². The summed E-state index contributed by atoms with van der Waals surface area (Å²) < 4.78 is 12.2. The van der Waals surface area contributed by atoms with Gasteiger partial charge in [0.25, 0.3) is 0 Å². The summed E-state index contributed by atoms with van der Waals surface area (Å²) in [7, 11) is 1.61. The number of aliphatic hydroxyl groups excluding tert-OH is 1. The zero-order valence-corrected chi connectivity index (χ0v) is 11.7. The molecule has 2 aromatic heterocycles. The number of ether oxygens (including phenoxy) is 1. The van der Waals surface area contributed by atoms with Crippen molar-refractivity contribution in [3.63, 3.8) is 0 Å². The molecule has 0 spiro atoms. The van der Waals surface area contributed by atoms with E-state index in [0.717, 1.165) is 12.2 Å². The zero-order chi connectivity index (χ0) is 13.8. The third-order valence-corrected chi connectivity index (χ3v) is 3.19. The van der Waals surface area contributed by atoms with E-state index in [9.17, 15) is 5.11 Å². The molecule has 5 nitrogen and oxygen atoms in total. The van der Waals surface area contributed by atoms with Crippen LogP contribution in [-0.2, 0) is 17.7 Å². The molecule has 6 heteroatoms. The lowest BCUT2D eigenvalue weighted by Gasteiger charge is -2.12. The molecule has 0 aromatic carbocycles. The number of hydrogen-bond acceptors (Lipinski definition) is 4. The van der Waals surface area contributed by atoms with Gasteiger partial charge in [-0.1, -0.05) is 18.5 Å². The van der Waals surface area contributed by atoms with Crippen LogP contribution in [0.1, 0.15) is 30.2 Å². The molecule has 2 rings (SSSR count). The second kappa shape index (κ2) is 6.23. The highest BCUT2D eigenvalue weighted by atomic mass is 35.5. The zero-order valence-electron chi connectivity index (χ0n) is 11.0. The van der Waals surface area contributed by atoms with E-state index in [1.54, 1.807) is 17.9 Å². The van der Waals surface area contributed by atoms with Crippen molar-refractivity contribution in [2.45, 2.75) is 26.0 Å². The average Bonchev–Trinajstić information content (AvgIpc) is 3.02. The second-order valence-corrected chi connectivity index (χ2v) is 4.56. The molecule has 104 valence electrons. The molecule has 19 heavy (non-hydrogen) atoms. The second-order valence-electron chi connectivity index (χ2n) is 4.15. The number of aliphatic hydroxyl groups is 1. The van der Waals surface area contributed by atoms with E-state index in [0.29, 0.717) is 29.6 Å². The van der Waals surface area contributed by atoms with Crippen LogP contribution < -0.4 is 0 Å². The van der Waals surface area contributed by atoms with Crippen molar-refractivity contribution in [1.82, 2.24) is 9.78 Å². The van der Waals surface area contributed by atoms with E-state index in [2.05, 4.69) is 5.10 Å².